The maximum atomic E-state index is 5.92. The van der Waals surface area contributed by atoms with Crippen molar-refractivity contribution in [3.63, 3.8) is 0 Å². The monoisotopic (exact) mass is 385 g/mol. The van der Waals surface area contributed by atoms with Gasteiger partial charge >= 0.3 is 0 Å². The van der Waals surface area contributed by atoms with Gasteiger partial charge in [-0.15, -0.1) is 0 Å². The molecule has 4 heterocycles. The van der Waals surface area contributed by atoms with Crippen LogP contribution < -0.4 is 4.90 Å². The van der Waals surface area contributed by atoms with Gasteiger partial charge in [-0.25, -0.2) is 4.98 Å². The van der Waals surface area contributed by atoms with Crippen LogP contribution in [0.25, 0.3) is 11.0 Å². The first-order valence-corrected chi connectivity index (χ1v) is 10.7. The van der Waals surface area contributed by atoms with E-state index < -0.39 is 0 Å². The highest BCUT2D eigenvalue weighted by Crippen LogP contribution is 2.28. The van der Waals surface area contributed by atoms with Gasteiger partial charge in [-0.1, -0.05) is 12.1 Å². The molecule has 28 heavy (non-hydrogen) atoms. The molecule has 5 rings (SSSR count). The molecule has 2 fully saturated rings. The summed E-state index contributed by atoms with van der Waals surface area (Å²) in [5.74, 6) is 1.10. The van der Waals surface area contributed by atoms with Crippen molar-refractivity contribution in [1.82, 2.24) is 19.4 Å². The van der Waals surface area contributed by atoms with Crippen molar-refractivity contribution in [2.75, 3.05) is 64.1 Å². The lowest BCUT2D eigenvalue weighted by molar-refractivity contribution is 0.0353. The largest absolute Gasteiger partial charge is 0.379 e. The third-order valence-corrected chi connectivity index (χ3v) is 6.13. The highest BCUT2D eigenvalue weighted by Gasteiger charge is 2.29. The van der Waals surface area contributed by atoms with Crippen LogP contribution in [0.1, 0.15) is 19.3 Å². The van der Waals surface area contributed by atoms with Gasteiger partial charge in [0.05, 0.1) is 43.7 Å². The molecule has 0 amide bonds. The van der Waals surface area contributed by atoms with E-state index in [0.717, 1.165) is 83.8 Å². The van der Waals surface area contributed by atoms with Gasteiger partial charge in [0.15, 0.2) is 0 Å². The molecule has 0 N–H and O–H groups in total. The van der Waals surface area contributed by atoms with Crippen LogP contribution in [0.3, 0.4) is 0 Å². The first kappa shape index (κ1) is 18.4. The number of nitrogens with zero attached hydrogens (tertiary/aromatic N) is 5. The number of aromatic nitrogens is 2. The maximum absolute atomic E-state index is 5.92. The van der Waals surface area contributed by atoms with E-state index in [9.17, 15) is 0 Å². The first-order chi connectivity index (χ1) is 13.9. The summed E-state index contributed by atoms with van der Waals surface area (Å²) in [5.41, 5.74) is 2.32. The number of hydrogen-bond donors (Lipinski definition) is 0. The highest BCUT2D eigenvalue weighted by molar-refractivity contribution is 5.79. The van der Waals surface area contributed by atoms with Gasteiger partial charge in [-0.3, -0.25) is 14.4 Å². The zero-order valence-corrected chi connectivity index (χ0v) is 16.6. The fraction of sp³-hybridized carbons (Fsp3) is 0.667. The van der Waals surface area contributed by atoms with Crippen LogP contribution >= 0.6 is 0 Å². The van der Waals surface area contributed by atoms with Crippen molar-refractivity contribution >= 4 is 17.0 Å². The summed E-state index contributed by atoms with van der Waals surface area (Å²) in [4.78, 5) is 12.4. The van der Waals surface area contributed by atoms with Crippen molar-refractivity contribution in [1.29, 1.82) is 0 Å². The van der Waals surface area contributed by atoms with Crippen LogP contribution in [-0.2, 0) is 16.1 Å². The number of para-hydroxylation sites is 2. The lowest BCUT2D eigenvalue weighted by atomic mass is 10.2. The Morgan fingerprint density at radius 3 is 2.71 bits per heavy atom. The molecule has 2 saturated heterocycles. The summed E-state index contributed by atoms with van der Waals surface area (Å²) in [7, 11) is 0. The Morgan fingerprint density at radius 1 is 1.00 bits per heavy atom. The van der Waals surface area contributed by atoms with Gasteiger partial charge in [0, 0.05) is 32.8 Å². The van der Waals surface area contributed by atoms with Crippen LogP contribution in [0.15, 0.2) is 24.3 Å². The normalized spacial score (nSPS) is 24.1. The molecule has 7 heteroatoms. The predicted octanol–water partition coefficient (Wildman–Crippen LogP) is 1.97. The minimum absolute atomic E-state index is 0.335. The average molecular weight is 386 g/mol. The number of morpholine rings is 1. The van der Waals surface area contributed by atoms with Crippen LogP contribution in [0.4, 0.5) is 5.95 Å². The summed E-state index contributed by atoms with van der Waals surface area (Å²) in [5, 5.41) is 0. The smallest absolute Gasteiger partial charge is 0.208 e. The number of hydrogen-bond acceptors (Lipinski definition) is 6. The summed E-state index contributed by atoms with van der Waals surface area (Å²) in [6, 6.07) is 8.49. The van der Waals surface area contributed by atoms with E-state index in [1.54, 1.807) is 0 Å². The highest BCUT2D eigenvalue weighted by atomic mass is 16.5. The predicted molar refractivity (Wildman–Crippen MR) is 110 cm³/mol. The molecule has 0 unspecified atom stereocenters. The van der Waals surface area contributed by atoms with Crippen molar-refractivity contribution in [3.05, 3.63) is 24.3 Å². The standard InChI is InChI=1S/C21H31N5O2/c1-2-7-20-19(6-1)22-21-25(15-18-5-3-12-28-18)16-24(17-26(20)21)9-4-8-23-10-13-27-14-11-23/h1-2,6-7,18H,3-5,8-17H2/t18-/m1/s1. The SMILES string of the molecule is c1ccc2c(c1)nc1n2CN(CCCN2CCOCC2)CN1C[C@H]1CCCO1. The Bertz CT molecular complexity index is 782. The molecule has 0 spiro atoms. The molecule has 7 nitrogen and oxygen atoms in total. The second-order valence-corrected chi connectivity index (χ2v) is 8.17. The van der Waals surface area contributed by atoms with Crippen molar-refractivity contribution in [3.8, 4) is 0 Å². The van der Waals surface area contributed by atoms with Crippen LogP contribution in [-0.4, -0.2) is 84.7 Å². The minimum Gasteiger partial charge on any atom is -0.379 e. The fourth-order valence-corrected chi connectivity index (χ4v) is 4.65. The molecule has 3 aliphatic heterocycles. The lowest BCUT2D eigenvalue weighted by Gasteiger charge is -2.38. The van der Waals surface area contributed by atoms with E-state index in [1.807, 2.05) is 0 Å². The number of fused-ring (bicyclic) bond motifs is 3. The van der Waals surface area contributed by atoms with Gasteiger partial charge in [0.1, 0.15) is 0 Å². The third-order valence-electron chi connectivity index (χ3n) is 6.13. The number of imidazole rings is 1. The summed E-state index contributed by atoms with van der Waals surface area (Å²) in [6.45, 7) is 9.85. The number of benzene rings is 1. The lowest BCUT2D eigenvalue weighted by Crippen LogP contribution is -2.48. The van der Waals surface area contributed by atoms with E-state index >= 15 is 0 Å². The van der Waals surface area contributed by atoms with Gasteiger partial charge in [-0.05, 0) is 37.9 Å². The Kier molecular flexibility index (Phi) is 5.49. The number of rotatable bonds is 6. The Morgan fingerprint density at radius 2 is 1.86 bits per heavy atom. The van der Waals surface area contributed by atoms with Crippen LogP contribution in [0, 0.1) is 0 Å². The molecular formula is C21H31N5O2. The topological polar surface area (TPSA) is 46.0 Å². The molecular weight excluding hydrogens is 354 g/mol. The Hall–Kier alpha value is -1.67. The van der Waals surface area contributed by atoms with Gasteiger partial charge in [0.2, 0.25) is 5.95 Å². The van der Waals surface area contributed by atoms with Gasteiger partial charge < -0.3 is 14.4 Å². The third kappa shape index (κ3) is 3.89. The molecule has 0 saturated carbocycles. The number of anilines is 1. The first-order valence-electron chi connectivity index (χ1n) is 10.7. The maximum Gasteiger partial charge on any atom is 0.208 e. The summed E-state index contributed by atoms with van der Waals surface area (Å²) in [6.07, 6.45) is 3.86. The van der Waals surface area contributed by atoms with E-state index in [4.69, 9.17) is 14.5 Å². The van der Waals surface area contributed by atoms with Crippen molar-refractivity contribution in [2.45, 2.75) is 32.0 Å². The molecule has 1 atom stereocenters. The molecule has 1 aromatic heterocycles. The second-order valence-electron chi connectivity index (χ2n) is 8.17. The van der Waals surface area contributed by atoms with Gasteiger partial charge in [0.25, 0.3) is 0 Å². The Balaban J connectivity index is 1.29. The molecule has 152 valence electrons. The minimum atomic E-state index is 0.335. The average Bonchev–Trinajstić information content (AvgIpc) is 3.37. The van der Waals surface area contributed by atoms with Crippen LogP contribution in [0.2, 0.25) is 0 Å². The van der Waals surface area contributed by atoms with Crippen molar-refractivity contribution in [2.24, 2.45) is 0 Å². The van der Waals surface area contributed by atoms with E-state index in [-0.39, 0.29) is 0 Å². The molecule has 1 aromatic carbocycles. The molecule has 0 bridgehead atoms. The second kappa shape index (κ2) is 8.37. The molecule has 0 radical (unpaired) electrons. The van der Waals surface area contributed by atoms with Crippen molar-refractivity contribution < 1.29 is 9.47 Å². The quantitative estimate of drug-likeness (QED) is 0.758. The summed E-state index contributed by atoms with van der Waals surface area (Å²) < 4.78 is 13.8. The number of ether oxygens (including phenoxy) is 2. The van der Waals surface area contributed by atoms with Gasteiger partial charge in [-0.2, -0.15) is 0 Å². The molecule has 0 aliphatic carbocycles. The zero-order chi connectivity index (χ0) is 18.8. The fourth-order valence-electron chi connectivity index (χ4n) is 4.65. The summed E-state index contributed by atoms with van der Waals surface area (Å²) >= 11 is 0. The van der Waals surface area contributed by atoms with E-state index in [1.165, 1.54) is 18.4 Å². The molecule has 2 aromatic rings. The zero-order valence-electron chi connectivity index (χ0n) is 16.6. The van der Waals surface area contributed by atoms with Crippen LogP contribution in [0.5, 0.6) is 0 Å². The van der Waals surface area contributed by atoms with E-state index in [0.29, 0.717) is 6.10 Å². The molecule has 3 aliphatic rings. The van der Waals surface area contributed by atoms with E-state index in [2.05, 4.69) is 43.5 Å². The Labute approximate surface area is 166 Å².